The Balaban J connectivity index is 1.42. The average molecular weight is 391 g/mol. The number of carbonyl (C=O) groups excluding carboxylic acids is 1. The first-order valence-corrected chi connectivity index (χ1v) is 10.3. The normalized spacial score (nSPS) is 17.6. The lowest BCUT2D eigenvalue weighted by Gasteiger charge is -2.25. The van der Waals surface area contributed by atoms with Crippen molar-refractivity contribution in [3.8, 4) is 11.1 Å². The van der Waals surface area contributed by atoms with Gasteiger partial charge in [0, 0.05) is 30.1 Å². The third-order valence-corrected chi connectivity index (χ3v) is 5.75. The molecule has 0 radical (unpaired) electrons. The zero-order chi connectivity index (χ0) is 19.8. The van der Waals surface area contributed by atoms with Crippen LogP contribution in [0, 0.1) is 6.92 Å². The van der Waals surface area contributed by atoms with Gasteiger partial charge in [-0.25, -0.2) is 0 Å². The van der Waals surface area contributed by atoms with E-state index in [1.54, 1.807) is 0 Å². The van der Waals surface area contributed by atoms with Gasteiger partial charge < -0.3 is 14.6 Å². The summed E-state index contributed by atoms with van der Waals surface area (Å²) in [5.74, 6) is 0.895. The van der Waals surface area contributed by atoms with Crippen LogP contribution in [0.25, 0.3) is 22.0 Å². The first kappa shape index (κ1) is 18.3. The molecule has 0 bridgehead atoms. The molecule has 1 aliphatic heterocycles. The summed E-state index contributed by atoms with van der Waals surface area (Å²) in [6.07, 6.45) is 2.17. The SMILES string of the molecule is Cc1ccc(C(=O)NC2CC2)cc1-c1ccc2c(CN3CCOCC3)onc2c1. The molecule has 2 aromatic carbocycles. The number of nitrogens with zero attached hydrogens (tertiary/aromatic N) is 2. The van der Waals surface area contributed by atoms with Gasteiger partial charge in [-0.05, 0) is 60.7 Å². The molecule has 0 unspecified atom stereocenters. The fraction of sp³-hybridized carbons (Fsp3) is 0.391. The number of morpholine rings is 1. The number of benzene rings is 2. The van der Waals surface area contributed by atoms with E-state index < -0.39 is 0 Å². The van der Waals surface area contributed by atoms with Crippen LogP contribution in [0.4, 0.5) is 0 Å². The molecule has 2 aliphatic rings. The maximum Gasteiger partial charge on any atom is 0.251 e. The monoisotopic (exact) mass is 391 g/mol. The van der Waals surface area contributed by atoms with Crippen LogP contribution in [0.3, 0.4) is 0 Å². The Labute approximate surface area is 169 Å². The second-order valence-electron chi connectivity index (χ2n) is 8.00. The van der Waals surface area contributed by atoms with E-state index in [0.717, 1.165) is 79.0 Å². The van der Waals surface area contributed by atoms with Gasteiger partial charge in [-0.2, -0.15) is 0 Å². The highest BCUT2D eigenvalue weighted by atomic mass is 16.5. The molecule has 1 saturated heterocycles. The third kappa shape index (κ3) is 3.91. The number of aromatic nitrogens is 1. The van der Waals surface area contributed by atoms with Crippen molar-refractivity contribution < 1.29 is 14.1 Å². The minimum Gasteiger partial charge on any atom is -0.379 e. The lowest BCUT2D eigenvalue weighted by atomic mass is 9.97. The summed E-state index contributed by atoms with van der Waals surface area (Å²) in [7, 11) is 0. The number of nitrogens with one attached hydrogen (secondary N) is 1. The molecule has 5 rings (SSSR count). The van der Waals surface area contributed by atoms with Gasteiger partial charge in [0.15, 0.2) is 5.76 Å². The number of hydrogen-bond donors (Lipinski definition) is 1. The molecule has 150 valence electrons. The topological polar surface area (TPSA) is 67.6 Å². The molecule has 6 heteroatoms. The molecule has 1 aliphatic carbocycles. The highest BCUT2D eigenvalue weighted by molar-refractivity contribution is 5.96. The van der Waals surface area contributed by atoms with E-state index in [4.69, 9.17) is 9.26 Å². The van der Waals surface area contributed by atoms with Crippen LogP contribution >= 0.6 is 0 Å². The molecule has 1 aromatic heterocycles. The van der Waals surface area contributed by atoms with Gasteiger partial charge in [-0.15, -0.1) is 0 Å². The molecule has 29 heavy (non-hydrogen) atoms. The molecule has 6 nitrogen and oxygen atoms in total. The van der Waals surface area contributed by atoms with Crippen LogP contribution in [0.2, 0.25) is 0 Å². The van der Waals surface area contributed by atoms with Gasteiger partial charge in [0.05, 0.1) is 19.8 Å². The van der Waals surface area contributed by atoms with E-state index in [-0.39, 0.29) is 5.91 Å². The van der Waals surface area contributed by atoms with Crippen molar-refractivity contribution in [2.75, 3.05) is 26.3 Å². The molecule has 0 atom stereocenters. The van der Waals surface area contributed by atoms with E-state index in [0.29, 0.717) is 11.6 Å². The zero-order valence-electron chi connectivity index (χ0n) is 16.6. The second-order valence-corrected chi connectivity index (χ2v) is 8.00. The molecular formula is C23H25N3O3. The summed E-state index contributed by atoms with van der Waals surface area (Å²) in [4.78, 5) is 14.8. The Hall–Kier alpha value is -2.70. The Morgan fingerprint density at radius 2 is 2.00 bits per heavy atom. The first-order valence-electron chi connectivity index (χ1n) is 10.3. The fourth-order valence-electron chi connectivity index (χ4n) is 3.81. The lowest BCUT2D eigenvalue weighted by Crippen LogP contribution is -2.35. The molecule has 3 aromatic rings. The summed E-state index contributed by atoms with van der Waals surface area (Å²) >= 11 is 0. The molecule has 1 N–H and O–H groups in total. The highest BCUT2D eigenvalue weighted by Gasteiger charge is 2.24. The smallest absolute Gasteiger partial charge is 0.251 e. The average Bonchev–Trinajstić information content (AvgIpc) is 3.47. The predicted octanol–water partition coefficient (Wildman–Crippen LogP) is 3.53. The van der Waals surface area contributed by atoms with Crippen molar-refractivity contribution >= 4 is 16.8 Å². The van der Waals surface area contributed by atoms with Gasteiger partial charge in [0.1, 0.15) is 5.52 Å². The van der Waals surface area contributed by atoms with E-state index >= 15 is 0 Å². The third-order valence-electron chi connectivity index (χ3n) is 5.75. The quantitative estimate of drug-likeness (QED) is 0.721. The fourth-order valence-corrected chi connectivity index (χ4v) is 3.81. The highest BCUT2D eigenvalue weighted by Crippen LogP contribution is 2.30. The predicted molar refractivity (Wildman–Crippen MR) is 111 cm³/mol. The molecule has 1 saturated carbocycles. The van der Waals surface area contributed by atoms with Crippen LogP contribution in [0.1, 0.15) is 34.5 Å². The lowest BCUT2D eigenvalue weighted by molar-refractivity contribution is 0.0308. The van der Waals surface area contributed by atoms with E-state index in [9.17, 15) is 4.79 Å². The van der Waals surface area contributed by atoms with E-state index in [1.807, 2.05) is 24.3 Å². The van der Waals surface area contributed by atoms with Gasteiger partial charge in [0.25, 0.3) is 5.91 Å². The molecule has 1 amide bonds. The van der Waals surface area contributed by atoms with Gasteiger partial charge in [-0.3, -0.25) is 9.69 Å². The second kappa shape index (κ2) is 7.61. The minimum absolute atomic E-state index is 0.00376. The molecule has 2 fully saturated rings. The maximum atomic E-state index is 12.4. The van der Waals surface area contributed by atoms with Crippen molar-refractivity contribution in [2.45, 2.75) is 32.4 Å². The summed E-state index contributed by atoms with van der Waals surface area (Å²) in [5, 5.41) is 8.40. The van der Waals surface area contributed by atoms with Crippen LogP contribution in [0.5, 0.6) is 0 Å². The standard InChI is InChI=1S/C23H25N3O3/c1-15-2-3-17(23(27)24-18-5-6-18)12-20(15)16-4-7-19-21(13-16)25-29-22(19)14-26-8-10-28-11-9-26/h2-4,7,12-13,18H,5-6,8-11,14H2,1H3,(H,24,27). The molecule has 2 heterocycles. The Morgan fingerprint density at radius 1 is 1.17 bits per heavy atom. The number of fused-ring (bicyclic) bond motifs is 1. The van der Waals surface area contributed by atoms with Gasteiger partial charge in [0.2, 0.25) is 0 Å². The Kier molecular flexibility index (Phi) is 4.81. The first-order chi connectivity index (χ1) is 14.2. The van der Waals surface area contributed by atoms with Crippen LogP contribution < -0.4 is 5.32 Å². The maximum absolute atomic E-state index is 12.4. The summed E-state index contributed by atoms with van der Waals surface area (Å²) in [6.45, 7) is 6.16. The van der Waals surface area contributed by atoms with Crippen molar-refractivity contribution in [3.05, 3.63) is 53.3 Å². The largest absolute Gasteiger partial charge is 0.379 e. The number of aryl methyl sites for hydroxylation is 1. The number of rotatable bonds is 5. The van der Waals surface area contributed by atoms with Crippen LogP contribution in [-0.4, -0.2) is 48.3 Å². The van der Waals surface area contributed by atoms with E-state index in [1.165, 1.54) is 0 Å². The van der Waals surface area contributed by atoms with Gasteiger partial charge >= 0.3 is 0 Å². The Morgan fingerprint density at radius 3 is 2.79 bits per heavy atom. The summed E-state index contributed by atoms with van der Waals surface area (Å²) < 4.78 is 11.1. The van der Waals surface area contributed by atoms with Gasteiger partial charge in [-0.1, -0.05) is 17.3 Å². The van der Waals surface area contributed by atoms with Crippen molar-refractivity contribution in [1.29, 1.82) is 0 Å². The zero-order valence-corrected chi connectivity index (χ0v) is 16.6. The van der Waals surface area contributed by atoms with Crippen molar-refractivity contribution in [1.82, 2.24) is 15.4 Å². The number of carbonyl (C=O) groups is 1. The van der Waals surface area contributed by atoms with Crippen LogP contribution in [0.15, 0.2) is 40.9 Å². The van der Waals surface area contributed by atoms with Crippen molar-refractivity contribution in [2.24, 2.45) is 0 Å². The summed E-state index contributed by atoms with van der Waals surface area (Å²) in [6, 6.07) is 12.4. The molecular weight excluding hydrogens is 366 g/mol. The van der Waals surface area contributed by atoms with E-state index in [2.05, 4.69) is 34.4 Å². The number of hydrogen-bond acceptors (Lipinski definition) is 5. The van der Waals surface area contributed by atoms with Crippen molar-refractivity contribution in [3.63, 3.8) is 0 Å². The summed E-state index contributed by atoms with van der Waals surface area (Å²) in [5.41, 5.74) is 4.77. The number of ether oxygens (including phenoxy) is 1. The Bertz CT molecular complexity index is 1050. The van der Waals surface area contributed by atoms with Crippen LogP contribution in [-0.2, 0) is 11.3 Å². The number of amides is 1. The minimum atomic E-state index is 0.00376. The molecule has 0 spiro atoms.